The quantitative estimate of drug-likeness (QED) is 0.673. The van der Waals surface area contributed by atoms with Crippen LogP contribution in [0.3, 0.4) is 0 Å². The average Bonchev–Trinajstić information content (AvgIpc) is 2.36. The number of aryl methyl sites for hydroxylation is 1. The van der Waals surface area contributed by atoms with E-state index in [0.717, 1.165) is 11.3 Å². The smallest absolute Gasteiger partial charge is 0.101 e. The van der Waals surface area contributed by atoms with Crippen molar-refractivity contribution in [1.82, 2.24) is 0 Å². The Kier molecular flexibility index (Phi) is 2.49. The summed E-state index contributed by atoms with van der Waals surface area (Å²) in [4.78, 5) is 0. The van der Waals surface area contributed by atoms with Gasteiger partial charge >= 0.3 is 0 Å². The molecule has 1 heterocycles. The molecule has 1 atom stereocenters. The van der Waals surface area contributed by atoms with Crippen molar-refractivity contribution in [3.63, 3.8) is 0 Å². The molecule has 1 unspecified atom stereocenters. The fourth-order valence-corrected chi connectivity index (χ4v) is 0.932. The summed E-state index contributed by atoms with van der Waals surface area (Å²) in [6, 6.07) is 1.83. The van der Waals surface area contributed by atoms with Crippen molar-refractivity contribution < 1.29 is 9.52 Å². The molecule has 1 N–H and O–H groups in total. The van der Waals surface area contributed by atoms with Crippen LogP contribution in [-0.4, -0.2) is 5.11 Å². The zero-order chi connectivity index (χ0) is 8.27. The summed E-state index contributed by atoms with van der Waals surface area (Å²) in [7, 11) is 0. The van der Waals surface area contributed by atoms with Gasteiger partial charge in [0.25, 0.3) is 0 Å². The summed E-state index contributed by atoms with van der Waals surface area (Å²) >= 11 is 0. The molecule has 0 aliphatic heterocycles. The van der Waals surface area contributed by atoms with Crippen molar-refractivity contribution in [2.45, 2.75) is 19.4 Å². The maximum Gasteiger partial charge on any atom is 0.101 e. The minimum atomic E-state index is -0.468. The number of furan rings is 1. The monoisotopic (exact) mass is 152 g/mol. The third-order valence-electron chi connectivity index (χ3n) is 1.53. The fourth-order valence-electron chi connectivity index (χ4n) is 0.932. The number of hydrogen-bond acceptors (Lipinski definition) is 2. The van der Waals surface area contributed by atoms with Crippen LogP contribution in [0.4, 0.5) is 0 Å². The van der Waals surface area contributed by atoms with E-state index < -0.39 is 6.10 Å². The minimum absolute atomic E-state index is 0.468. The van der Waals surface area contributed by atoms with E-state index in [2.05, 4.69) is 6.58 Å². The van der Waals surface area contributed by atoms with E-state index in [-0.39, 0.29) is 0 Å². The van der Waals surface area contributed by atoms with Crippen molar-refractivity contribution in [3.8, 4) is 0 Å². The summed E-state index contributed by atoms with van der Waals surface area (Å²) in [5.74, 6) is 0.822. The van der Waals surface area contributed by atoms with Crippen LogP contribution >= 0.6 is 0 Å². The summed E-state index contributed by atoms with van der Waals surface area (Å²) in [5.41, 5.74) is 0.822. The highest BCUT2D eigenvalue weighted by Gasteiger charge is 2.07. The van der Waals surface area contributed by atoms with Gasteiger partial charge in [0.05, 0.1) is 12.4 Å². The van der Waals surface area contributed by atoms with E-state index in [1.54, 1.807) is 12.3 Å². The molecule has 0 saturated heterocycles. The molecule has 0 fully saturated rings. The summed E-state index contributed by atoms with van der Waals surface area (Å²) < 4.78 is 5.04. The molecule has 0 aliphatic carbocycles. The molecule has 2 nitrogen and oxygen atoms in total. The van der Waals surface area contributed by atoms with Gasteiger partial charge in [0.15, 0.2) is 0 Å². The first-order valence-electron chi connectivity index (χ1n) is 3.58. The fraction of sp³-hybridized carbons (Fsp3) is 0.333. The first-order valence-corrected chi connectivity index (χ1v) is 3.58. The van der Waals surface area contributed by atoms with Gasteiger partial charge in [0.2, 0.25) is 0 Å². The SMILES string of the molecule is C=CCC(O)c1coc(C)c1. The molecule has 0 aliphatic rings. The van der Waals surface area contributed by atoms with Crippen LogP contribution in [0.15, 0.2) is 29.4 Å². The van der Waals surface area contributed by atoms with Gasteiger partial charge < -0.3 is 9.52 Å². The molecular formula is C9H12O2. The van der Waals surface area contributed by atoms with Crippen molar-refractivity contribution in [2.24, 2.45) is 0 Å². The van der Waals surface area contributed by atoms with E-state index in [4.69, 9.17) is 4.42 Å². The Morgan fingerprint density at radius 2 is 2.55 bits per heavy atom. The molecule has 0 amide bonds. The Morgan fingerprint density at radius 1 is 1.82 bits per heavy atom. The molecule has 1 rings (SSSR count). The van der Waals surface area contributed by atoms with Crippen molar-refractivity contribution in [3.05, 3.63) is 36.3 Å². The zero-order valence-corrected chi connectivity index (χ0v) is 6.58. The second-order valence-electron chi connectivity index (χ2n) is 2.53. The second-order valence-corrected chi connectivity index (χ2v) is 2.53. The highest BCUT2D eigenvalue weighted by molar-refractivity contribution is 5.15. The lowest BCUT2D eigenvalue weighted by atomic mass is 10.1. The van der Waals surface area contributed by atoms with Crippen molar-refractivity contribution >= 4 is 0 Å². The normalized spacial score (nSPS) is 12.9. The molecule has 0 saturated carbocycles. The number of hydrogen-bond donors (Lipinski definition) is 1. The Hall–Kier alpha value is -1.02. The molecule has 1 aromatic heterocycles. The summed E-state index contributed by atoms with van der Waals surface area (Å²) in [6.07, 6.45) is 3.36. The highest BCUT2D eigenvalue weighted by atomic mass is 16.3. The van der Waals surface area contributed by atoms with E-state index in [9.17, 15) is 5.11 Å². The first kappa shape index (κ1) is 8.08. The molecular weight excluding hydrogens is 140 g/mol. The standard InChI is InChI=1S/C9H12O2/c1-3-4-9(10)8-5-7(2)11-6-8/h3,5-6,9-10H,1,4H2,2H3. The molecule has 60 valence electrons. The predicted molar refractivity (Wildman–Crippen MR) is 43.2 cm³/mol. The van der Waals surface area contributed by atoms with Gasteiger partial charge in [-0.25, -0.2) is 0 Å². The van der Waals surface area contributed by atoms with Crippen LogP contribution in [0.5, 0.6) is 0 Å². The van der Waals surface area contributed by atoms with Gasteiger partial charge in [-0.2, -0.15) is 0 Å². The Bertz CT molecular complexity index is 237. The van der Waals surface area contributed by atoms with E-state index >= 15 is 0 Å². The van der Waals surface area contributed by atoms with Gasteiger partial charge in [-0.05, 0) is 19.4 Å². The zero-order valence-electron chi connectivity index (χ0n) is 6.58. The molecule has 0 radical (unpaired) electrons. The minimum Gasteiger partial charge on any atom is -0.469 e. The van der Waals surface area contributed by atoms with E-state index in [0.29, 0.717) is 6.42 Å². The molecule has 1 aromatic rings. The van der Waals surface area contributed by atoms with Crippen LogP contribution in [0.2, 0.25) is 0 Å². The lowest BCUT2D eigenvalue weighted by Crippen LogP contribution is -1.92. The topological polar surface area (TPSA) is 33.4 Å². The van der Waals surface area contributed by atoms with Gasteiger partial charge in [-0.1, -0.05) is 6.08 Å². The van der Waals surface area contributed by atoms with E-state index in [1.165, 1.54) is 0 Å². The maximum absolute atomic E-state index is 9.40. The lowest BCUT2D eigenvalue weighted by Gasteiger charge is -2.01. The van der Waals surface area contributed by atoms with Gasteiger partial charge in [-0.15, -0.1) is 6.58 Å². The highest BCUT2D eigenvalue weighted by Crippen LogP contribution is 2.18. The summed E-state index contributed by atoms with van der Waals surface area (Å²) in [6.45, 7) is 5.39. The Balaban J connectivity index is 2.67. The number of rotatable bonds is 3. The van der Waals surface area contributed by atoms with Crippen LogP contribution < -0.4 is 0 Å². The van der Waals surface area contributed by atoms with Crippen LogP contribution in [0.25, 0.3) is 0 Å². The van der Waals surface area contributed by atoms with E-state index in [1.807, 2.05) is 13.0 Å². The number of aliphatic hydroxyl groups is 1. The maximum atomic E-state index is 9.40. The summed E-state index contributed by atoms with van der Waals surface area (Å²) in [5, 5.41) is 9.40. The van der Waals surface area contributed by atoms with Gasteiger partial charge in [-0.3, -0.25) is 0 Å². The number of aliphatic hydroxyl groups excluding tert-OH is 1. The lowest BCUT2D eigenvalue weighted by molar-refractivity contribution is 0.180. The largest absolute Gasteiger partial charge is 0.469 e. The Labute approximate surface area is 66.2 Å². The van der Waals surface area contributed by atoms with Crippen LogP contribution in [-0.2, 0) is 0 Å². The molecule has 11 heavy (non-hydrogen) atoms. The molecule has 2 heteroatoms. The van der Waals surface area contributed by atoms with Crippen LogP contribution in [0, 0.1) is 6.92 Å². The van der Waals surface area contributed by atoms with Crippen LogP contribution in [0.1, 0.15) is 23.8 Å². The predicted octanol–water partition coefficient (Wildman–Crippen LogP) is 2.20. The first-order chi connectivity index (χ1) is 5.24. The third-order valence-corrected chi connectivity index (χ3v) is 1.53. The molecule has 0 aromatic carbocycles. The van der Waals surface area contributed by atoms with Crippen molar-refractivity contribution in [1.29, 1.82) is 0 Å². The third kappa shape index (κ3) is 1.95. The van der Waals surface area contributed by atoms with Gasteiger partial charge in [0, 0.05) is 5.56 Å². The molecule has 0 bridgehead atoms. The molecule has 0 spiro atoms. The second kappa shape index (κ2) is 3.39. The van der Waals surface area contributed by atoms with Crippen molar-refractivity contribution in [2.75, 3.05) is 0 Å². The Morgan fingerprint density at radius 3 is 3.00 bits per heavy atom. The van der Waals surface area contributed by atoms with Gasteiger partial charge in [0.1, 0.15) is 5.76 Å². The average molecular weight is 152 g/mol.